The Hall–Kier alpha value is -3.80. The van der Waals surface area contributed by atoms with E-state index in [1.807, 2.05) is 30.5 Å². The van der Waals surface area contributed by atoms with Crippen molar-refractivity contribution in [2.75, 3.05) is 6.61 Å². The lowest BCUT2D eigenvalue weighted by Gasteiger charge is -2.19. The first-order chi connectivity index (χ1) is 14.9. The van der Waals surface area contributed by atoms with Crippen molar-refractivity contribution in [3.63, 3.8) is 0 Å². The van der Waals surface area contributed by atoms with Gasteiger partial charge in [-0.05, 0) is 36.6 Å². The summed E-state index contributed by atoms with van der Waals surface area (Å²) in [6.07, 6.45) is 3.76. The molecule has 2 aromatic carbocycles. The number of pyridine rings is 1. The number of carbonyl (C=O) groups is 1. The van der Waals surface area contributed by atoms with Crippen LogP contribution in [0.2, 0.25) is 0 Å². The lowest BCUT2D eigenvalue weighted by molar-refractivity contribution is -0.148. The molecule has 1 aliphatic heterocycles. The normalized spacial score (nSPS) is 15.5. The zero-order valence-corrected chi connectivity index (χ0v) is 17.5. The quantitative estimate of drug-likeness (QED) is 0.530. The Balaban J connectivity index is 1.38. The van der Waals surface area contributed by atoms with Crippen LogP contribution >= 0.6 is 0 Å². The van der Waals surface area contributed by atoms with E-state index in [2.05, 4.69) is 52.0 Å². The van der Waals surface area contributed by atoms with Crippen LogP contribution in [-0.4, -0.2) is 22.7 Å². The van der Waals surface area contributed by atoms with Crippen LogP contribution in [0.1, 0.15) is 31.1 Å². The molecule has 0 saturated heterocycles. The van der Waals surface area contributed by atoms with Crippen LogP contribution in [0.5, 0.6) is 5.88 Å². The number of hydrogen-bond acceptors (Lipinski definition) is 5. The summed E-state index contributed by atoms with van der Waals surface area (Å²) in [4.78, 5) is 15.5. The third-order valence-electron chi connectivity index (χ3n) is 5.25. The van der Waals surface area contributed by atoms with E-state index in [1.54, 1.807) is 26.1 Å². The zero-order valence-electron chi connectivity index (χ0n) is 17.5. The highest BCUT2D eigenvalue weighted by Gasteiger charge is 2.28. The molecule has 4 rings (SSSR count). The molecule has 0 radical (unpaired) electrons. The van der Waals surface area contributed by atoms with Crippen molar-refractivity contribution in [3.05, 3.63) is 90.3 Å². The third kappa shape index (κ3) is 4.69. The maximum absolute atomic E-state index is 11.2. The largest absolute Gasteiger partial charge is 0.481 e. The fourth-order valence-corrected chi connectivity index (χ4v) is 3.19. The number of carboxylic acids is 1. The third-order valence-corrected chi connectivity index (χ3v) is 5.25. The minimum atomic E-state index is -0.965. The molecular formula is C25H25N3O3. The monoisotopic (exact) mass is 415 g/mol. The van der Waals surface area contributed by atoms with E-state index in [0.29, 0.717) is 5.88 Å². The highest BCUT2D eigenvalue weighted by molar-refractivity contribution is 5.73. The number of aliphatic carboxylic acids is 1. The zero-order chi connectivity index (χ0) is 21.8. The number of rotatable bonds is 7. The summed E-state index contributed by atoms with van der Waals surface area (Å²) < 4.78 is 5.54. The molecule has 0 aliphatic carbocycles. The number of hydrogen-bond donors (Lipinski definition) is 3. The fourth-order valence-electron chi connectivity index (χ4n) is 3.19. The average Bonchev–Trinajstić information content (AvgIpc) is 3.29. The molecule has 3 aromatic rings. The van der Waals surface area contributed by atoms with Crippen molar-refractivity contribution in [2.45, 2.75) is 20.0 Å². The number of carboxylic acid groups (broad SMARTS) is 1. The molecule has 1 aromatic heterocycles. The molecule has 158 valence electrons. The fraction of sp³-hybridized carbons (Fsp3) is 0.200. The Labute approximate surface area is 181 Å². The number of nitrogens with one attached hydrogen (secondary N) is 2. The highest BCUT2D eigenvalue weighted by Crippen LogP contribution is 2.26. The van der Waals surface area contributed by atoms with Crippen LogP contribution in [0.15, 0.2) is 79.1 Å². The van der Waals surface area contributed by atoms with Gasteiger partial charge in [-0.2, -0.15) is 0 Å². The first-order valence-electron chi connectivity index (χ1n) is 10.1. The lowest BCUT2D eigenvalue weighted by Crippen LogP contribution is -2.30. The SMILES string of the molecule is CC(C)(COc1ccc(-c2ccc(C3NC=C(c4ccccc4)N3)cc2)cn1)C(=O)O. The molecule has 31 heavy (non-hydrogen) atoms. The van der Waals surface area contributed by atoms with E-state index >= 15 is 0 Å². The Morgan fingerprint density at radius 1 is 1.00 bits per heavy atom. The molecule has 1 unspecified atom stereocenters. The molecule has 6 nitrogen and oxygen atoms in total. The summed E-state index contributed by atoms with van der Waals surface area (Å²) in [6.45, 7) is 3.30. The number of aromatic nitrogens is 1. The van der Waals surface area contributed by atoms with E-state index in [1.165, 1.54) is 0 Å². The molecule has 0 amide bonds. The Morgan fingerprint density at radius 2 is 1.71 bits per heavy atom. The molecule has 3 N–H and O–H groups in total. The Bertz CT molecular complexity index is 1080. The van der Waals surface area contributed by atoms with E-state index < -0.39 is 11.4 Å². The van der Waals surface area contributed by atoms with E-state index in [4.69, 9.17) is 4.74 Å². The maximum Gasteiger partial charge on any atom is 0.312 e. The topological polar surface area (TPSA) is 83.5 Å². The molecule has 0 spiro atoms. The summed E-state index contributed by atoms with van der Waals surface area (Å²) in [5.41, 5.74) is 4.40. The van der Waals surface area contributed by atoms with Gasteiger partial charge in [0.2, 0.25) is 5.88 Å². The summed E-state index contributed by atoms with van der Waals surface area (Å²) in [5, 5.41) is 16.1. The summed E-state index contributed by atoms with van der Waals surface area (Å²) in [5.74, 6) is -0.491. The van der Waals surface area contributed by atoms with Crippen LogP contribution in [-0.2, 0) is 4.79 Å². The predicted molar refractivity (Wildman–Crippen MR) is 120 cm³/mol. The van der Waals surface area contributed by atoms with Gasteiger partial charge in [-0.25, -0.2) is 4.98 Å². The molecule has 0 saturated carbocycles. The summed E-state index contributed by atoms with van der Waals surface area (Å²) in [7, 11) is 0. The van der Waals surface area contributed by atoms with Gasteiger partial charge in [-0.1, -0.05) is 54.6 Å². The van der Waals surface area contributed by atoms with Gasteiger partial charge in [-0.15, -0.1) is 0 Å². The van der Waals surface area contributed by atoms with Crippen molar-refractivity contribution >= 4 is 11.7 Å². The molecule has 2 heterocycles. The van der Waals surface area contributed by atoms with Crippen LogP contribution < -0.4 is 15.4 Å². The second-order valence-electron chi connectivity index (χ2n) is 8.15. The van der Waals surface area contributed by atoms with Crippen molar-refractivity contribution in [3.8, 4) is 17.0 Å². The standard InChI is InChI=1S/C25H25N3O3/c1-25(2,24(29)30)16-31-22-13-12-20(14-26-22)17-8-10-19(11-9-17)23-27-15-21(28-23)18-6-4-3-5-7-18/h3-15,23,27-28H,16H2,1-2H3,(H,29,30). The van der Waals surface area contributed by atoms with Gasteiger partial charge < -0.3 is 20.5 Å². The second-order valence-corrected chi connectivity index (χ2v) is 8.15. The highest BCUT2D eigenvalue weighted by atomic mass is 16.5. The number of ether oxygens (including phenoxy) is 1. The van der Waals surface area contributed by atoms with Gasteiger partial charge in [0, 0.05) is 24.0 Å². The van der Waals surface area contributed by atoms with Gasteiger partial charge in [0.15, 0.2) is 0 Å². The van der Waals surface area contributed by atoms with Gasteiger partial charge in [0.05, 0.1) is 11.1 Å². The summed E-state index contributed by atoms with van der Waals surface area (Å²) >= 11 is 0. The molecule has 1 atom stereocenters. The number of benzene rings is 2. The molecule has 0 bridgehead atoms. The Kier molecular flexibility index (Phi) is 5.62. The minimum absolute atomic E-state index is 0.0238. The first kappa shape index (κ1) is 20.5. The van der Waals surface area contributed by atoms with Crippen LogP contribution in [0.4, 0.5) is 0 Å². The predicted octanol–water partition coefficient (Wildman–Crippen LogP) is 4.43. The molecule has 6 heteroatoms. The van der Waals surface area contributed by atoms with Gasteiger partial charge >= 0.3 is 5.97 Å². The van der Waals surface area contributed by atoms with Crippen LogP contribution in [0.25, 0.3) is 16.8 Å². The van der Waals surface area contributed by atoms with Crippen molar-refractivity contribution in [1.82, 2.24) is 15.6 Å². The van der Waals surface area contributed by atoms with Crippen LogP contribution in [0.3, 0.4) is 0 Å². The minimum Gasteiger partial charge on any atom is -0.481 e. The maximum atomic E-state index is 11.2. The molecule has 0 fully saturated rings. The molecular weight excluding hydrogens is 390 g/mol. The summed E-state index contributed by atoms with van der Waals surface area (Å²) in [6, 6.07) is 22.2. The van der Waals surface area contributed by atoms with E-state index in [9.17, 15) is 9.90 Å². The van der Waals surface area contributed by atoms with Gasteiger partial charge in [0.1, 0.15) is 12.8 Å². The second kappa shape index (κ2) is 8.52. The average molecular weight is 415 g/mol. The first-order valence-corrected chi connectivity index (χ1v) is 10.1. The lowest BCUT2D eigenvalue weighted by atomic mass is 9.95. The van der Waals surface area contributed by atoms with E-state index in [-0.39, 0.29) is 12.8 Å². The van der Waals surface area contributed by atoms with Crippen LogP contribution in [0, 0.1) is 5.41 Å². The van der Waals surface area contributed by atoms with Crippen molar-refractivity contribution < 1.29 is 14.6 Å². The van der Waals surface area contributed by atoms with Crippen molar-refractivity contribution in [2.24, 2.45) is 5.41 Å². The smallest absolute Gasteiger partial charge is 0.312 e. The van der Waals surface area contributed by atoms with Gasteiger partial charge in [0.25, 0.3) is 0 Å². The van der Waals surface area contributed by atoms with E-state index in [0.717, 1.165) is 28.0 Å². The number of nitrogens with zero attached hydrogens (tertiary/aromatic N) is 1. The van der Waals surface area contributed by atoms with Gasteiger partial charge in [-0.3, -0.25) is 4.79 Å². The Morgan fingerprint density at radius 3 is 2.35 bits per heavy atom. The molecule has 1 aliphatic rings. The van der Waals surface area contributed by atoms with Crippen molar-refractivity contribution in [1.29, 1.82) is 0 Å².